The van der Waals surface area contributed by atoms with Crippen molar-refractivity contribution >= 4 is 17.4 Å². The average molecular weight is 379 g/mol. The minimum absolute atomic E-state index is 0.0230. The van der Waals surface area contributed by atoms with E-state index in [9.17, 15) is 18.4 Å². The summed E-state index contributed by atoms with van der Waals surface area (Å²) in [6.07, 6.45) is 0. The zero-order valence-electron chi connectivity index (χ0n) is 15.0. The molecule has 0 atom stereocenters. The molecule has 2 aromatic rings. The Hall–Kier alpha value is -3.16. The van der Waals surface area contributed by atoms with Gasteiger partial charge in [-0.1, -0.05) is 6.07 Å². The summed E-state index contributed by atoms with van der Waals surface area (Å²) >= 11 is 0. The van der Waals surface area contributed by atoms with Crippen LogP contribution in [0.5, 0.6) is 17.2 Å². The van der Waals surface area contributed by atoms with Crippen LogP contribution in [0, 0.1) is 6.92 Å². The molecule has 0 saturated carbocycles. The van der Waals surface area contributed by atoms with E-state index in [0.29, 0.717) is 28.3 Å². The number of ketones is 1. The second-order valence-corrected chi connectivity index (χ2v) is 5.57. The highest BCUT2D eigenvalue weighted by Gasteiger charge is 2.14. The number of hydrogen-bond acceptors (Lipinski definition) is 5. The quantitative estimate of drug-likeness (QED) is 0.706. The van der Waals surface area contributed by atoms with E-state index in [4.69, 9.17) is 9.47 Å². The van der Waals surface area contributed by atoms with Gasteiger partial charge in [-0.3, -0.25) is 9.59 Å². The fourth-order valence-electron chi connectivity index (χ4n) is 2.31. The summed E-state index contributed by atoms with van der Waals surface area (Å²) in [7, 11) is 1.42. The van der Waals surface area contributed by atoms with E-state index >= 15 is 0 Å². The Morgan fingerprint density at radius 2 is 1.85 bits per heavy atom. The first kappa shape index (κ1) is 20.2. The smallest absolute Gasteiger partial charge is 0.387 e. The molecule has 0 bridgehead atoms. The van der Waals surface area contributed by atoms with Gasteiger partial charge < -0.3 is 19.5 Å². The molecule has 144 valence electrons. The van der Waals surface area contributed by atoms with Gasteiger partial charge in [0.2, 0.25) is 0 Å². The van der Waals surface area contributed by atoms with Crippen molar-refractivity contribution in [3.05, 3.63) is 47.5 Å². The molecule has 2 aromatic carbocycles. The first-order chi connectivity index (χ1) is 12.8. The number of amides is 1. The summed E-state index contributed by atoms with van der Waals surface area (Å²) in [6, 6.07) is 9.05. The van der Waals surface area contributed by atoms with Crippen LogP contribution in [0.4, 0.5) is 14.5 Å². The molecule has 0 heterocycles. The normalized spacial score (nSPS) is 10.4. The molecule has 27 heavy (non-hydrogen) atoms. The van der Waals surface area contributed by atoms with Gasteiger partial charge in [-0.25, -0.2) is 0 Å². The number of benzene rings is 2. The lowest BCUT2D eigenvalue weighted by atomic mass is 10.1. The summed E-state index contributed by atoms with van der Waals surface area (Å²) in [5.74, 6) is -0.0302. The van der Waals surface area contributed by atoms with Crippen LogP contribution >= 0.6 is 0 Å². The molecule has 0 unspecified atom stereocenters. The van der Waals surface area contributed by atoms with Crippen LogP contribution in [0.15, 0.2) is 36.4 Å². The SMILES string of the molecule is COc1cc(C(C)=O)ccc1OCC(=O)Nc1cccc(OC(F)F)c1C. The maximum Gasteiger partial charge on any atom is 0.387 e. The fourth-order valence-corrected chi connectivity index (χ4v) is 2.31. The minimum atomic E-state index is -2.96. The Bertz CT molecular complexity index is 839. The average Bonchev–Trinajstić information content (AvgIpc) is 2.62. The van der Waals surface area contributed by atoms with Gasteiger partial charge in [0.25, 0.3) is 5.91 Å². The van der Waals surface area contributed by atoms with Crippen molar-refractivity contribution in [1.29, 1.82) is 0 Å². The molecule has 0 aliphatic heterocycles. The number of hydrogen-bond donors (Lipinski definition) is 1. The summed E-state index contributed by atoms with van der Waals surface area (Å²) in [6.45, 7) is -0.313. The van der Waals surface area contributed by atoms with E-state index in [2.05, 4.69) is 10.1 Å². The fraction of sp³-hybridized carbons (Fsp3) is 0.263. The molecular weight excluding hydrogens is 360 g/mol. The first-order valence-electron chi connectivity index (χ1n) is 7.98. The van der Waals surface area contributed by atoms with Gasteiger partial charge in [0, 0.05) is 16.8 Å². The number of methoxy groups -OCH3 is 1. The van der Waals surface area contributed by atoms with E-state index in [-0.39, 0.29) is 18.1 Å². The van der Waals surface area contributed by atoms with Crippen molar-refractivity contribution in [3.63, 3.8) is 0 Å². The highest BCUT2D eigenvalue weighted by molar-refractivity contribution is 5.95. The second-order valence-electron chi connectivity index (χ2n) is 5.57. The summed E-state index contributed by atoms with van der Waals surface area (Å²) < 4.78 is 39.8. The van der Waals surface area contributed by atoms with Crippen LogP contribution in [-0.4, -0.2) is 32.0 Å². The van der Waals surface area contributed by atoms with Crippen LogP contribution in [0.3, 0.4) is 0 Å². The number of nitrogens with one attached hydrogen (secondary N) is 1. The number of carbonyl (C=O) groups excluding carboxylic acids is 2. The number of Topliss-reactive ketones (excluding diaryl/α,β-unsaturated/α-hetero) is 1. The van der Waals surface area contributed by atoms with Gasteiger partial charge in [0.05, 0.1) is 7.11 Å². The molecular formula is C19H19F2NO5. The topological polar surface area (TPSA) is 73.9 Å². The van der Waals surface area contributed by atoms with E-state index in [1.807, 2.05) is 0 Å². The summed E-state index contributed by atoms with van der Waals surface area (Å²) in [5.41, 5.74) is 1.16. The maximum atomic E-state index is 12.4. The lowest BCUT2D eigenvalue weighted by molar-refractivity contribution is -0.118. The van der Waals surface area contributed by atoms with E-state index < -0.39 is 12.5 Å². The van der Waals surface area contributed by atoms with Gasteiger partial charge in [-0.2, -0.15) is 8.78 Å². The van der Waals surface area contributed by atoms with Crippen molar-refractivity contribution in [3.8, 4) is 17.2 Å². The van der Waals surface area contributed by atoms with Crippen molar-refractivity contribution in [2.75, 3.05) is 19.0 Å². The Kier molecular flexibility index (Phi) is 6.70. The molecule has 0 aliphatic rings. The van der Waals surface area contributed by atoms with E-state index in [0.717, 1.165) is 0 Å². The number of halogens is 2. The number of alkyl halides is 2. The molecule has 0 radical (unpaired) electrons. The van der Waals surface area contributed by atoms with E-state index in [1.165, 1.54) is 38.3 Å². The van der Waals surface area contributed by atoms with Crippen LogP contribution in [0.25, 0.3) is 0 Å². The van der Waals surface area contributed by atoms with Crippen molar-refractivity contribution in [2.24, 2.45) is 0 Å². The van der Waals surface area contributed by atoms with Crippen molar-refractivity contribution < 1.29 is 32.6 Å². The highest BCUT2D eigenvalue weighted by atomic mass is 19.3. The minimum Gasteiger partial charge on any atom is -0.493 e. The molecule has 6 nitrogen and oxygen atoms in total. The predicted octanol–water partition coefficient (Wildman–Crippen LogP) is 3.83. The largest absolute Gasteiger partial charge is 0.493 e. The number of carbonyl (C=O) groups is 2. The Morgan fingerprint density at radius 3 is 2.48 bits per heavy atom. The summed E-state index contributed by atoms with van der Waals surface area (Å²) in [4.78, 5) is 23.5. The molecule has 0 aromatic heterocycles. The molecule has 0 saturated heterocycles. The Morgan fingerprint density at radius 1 is 1.11 bits per heavy atom. The molecule has 1 N–H and O–H groups in total. The van der Waals surface area contributed by atoms with Gasteiger partial charge in [-0.05, 0) is 44.2 Å². The van der Waals surface area contributed by atoms with Crippen LogP contribution in [0.2, 0.25) is 0 Å². The zero-order valence-corrected chi connectivity index (χ0v) is 15.0. The molecule has 0 spiro atoms. The summed E-state index contributed by atoms with van der Waals surface area (Å²) in [5, 5.41) is 2.58. The van der Waals surface area contributed by atoms with Crippen LogP contribution in [0.1, 0.15) is 22.8 Å². The highest BCUT2D eigenvalue weighted by Crippen LogP contribution is 2.29. The lowest BCUT2D eigenvalue weighted by Crippen LogP contribution is -2.21. The van der Waals surface area contributed by atoms with Gasteiger partial charge in [0.1, 0.15) is 5.75 Å². The maximum absolute atomic E-state index is 12.4. The number of ether oxygens (including phenoxy) is 3. The van der Waals surface area contributed by atoms with Gasteiger partial charge in [-0.15, -0.1) is 0 Å². The predicted molar refractivity (Wildman–Crippen MR) is 94.9 cm³/mol. The molecule has 0 fully saturated rings. The van der Waals surface area contributed by atoms with Crippen LogP contribution < -0.4 is 19.5 Å². The van der Waals surface area contributed by atoms with Gasteiger partial charge in [0.15, 0.2) is 23.9 Å². The van der Waals surface area contributed by atoms with Crippen LogP contribution in [-0.2, 0) is 4.79 Å². The van der Waals surface area contributed by atoms with Crippen molar-refractivity contribution in [2.45, 2.75) is 20.5 Å². The molecule has 0 aliphatic carbocycles. The molecule has 8 heteroatoms. The van der Waals surface area contributed by atoms with Gasteiger partial charge >= 0.3 is 6.61 Å². The third kappa shape index (κ3) is 5.40. The standard InChI is InChI=1S/C19H19F2NO5/c1-11-14(5-4-6-15(11)27-19(20)21)22-18(24)10-26-16-8-7-13(12(2)23)9-17(16)25-3/h4-9,19H,10H2,1-3H3,(H,22,24). The number of anilines is 1. The third-order valence-electron chi connectivity index (χ3n) is 3.70. The Balaban J connectivity index is 2.04. The molecule has 1 amide bonds. The second kappa shape index (κ2) is 8.98. The van der Waals surface area contributed by atoms with E-state index in [1.54, 1.807) is 19.1 Å². The van der Waals surface area contributed by atoms with Crippen molar-refractivity contribution in [1.82, 2.24) is 0 Å². The third-order valence-corrected chi connectivity index (χ3v) is 3.70. The molecule has 2 rings (SSSR count). The first-order valence-corrected chi connectivity index (χ1v) is 7.98. The lowest BCUT2D eigenvalue weighted by Gasteiger charge is -2.14. The monoisotopic (exact) mass is 379 g/mol. The number of rotatable bonds is 8. The zero-order chi connectivity index (χ0) is 20.0. The Labute approximate surface area is 155 Å².